The van der Waals surface area contributed by atoms with E-state index in [0.717, 1.165) is 43.3 Å². The number of ether oxygens (including phenoxy) is 1. The SMILES string of the molecule is CCC1(C)Cc2c(sc3nc(SC)nc(SCC(=O)c4ccc(Br)cc4)c23)CO1. The molecule has 3 heterocycles. The predicted molar refractivity (Wildman–Crippen MR) is 126 cm³/mol. The predicted octanol–water partition coefficient (Wildman–Crippen LogP) is 6.39. The van der Waals surface area contributed by atoms with Crippen LogP contribution in [0.5, 0.6) is 0 Å². The molecule has 0 saturated heterocycles. The van der Waals surface area contributed by atoms with Gasteiger partial charge < -0.3 is 4.74 Å². The first-order valence-corrected chi connectivity index (χ1v) is 13.2. The molecule has 0 fully saturated rings. The molecule has 1 atom stereocenters. The van der Waals surface area contributed by atoms with Gasteiger partial charge in [0.15, 0.2) is 10.9 Å². The molecule has 1 aromatic carbocycles. The van der Waals surface area contributed by atoms with E-state index in [-0.39, 0.29) is 11.4 Å². The zero-order chi connectivity index (χ0) is 20.6. The summed E-state index contributed by atoms with van der Waals surface area (Å²) < 4.78 is 7.09. The van der Waals surface area contributed by atoms with Crippen LogP contribution in [0.3, 0.4) is 0 Å². The zero-order valence-electron chi connectivity index (χ0n) is 16.5. The molecule has 3 aromatic rings. The van der Waals surface area contributed by atoms with Gasteiger partial charge in [-0.05, 0) is 37.3 Å². The first-order chi connectivity index (χ1) is 13.9. The number of hydrogen-bond donors (Lipinski definition) is 0. The van der Waals surface area contributed by atoms with Crippen LogP contribution in [0.4, 0.5) is 0 Å². The van der Waals surface area contributed by atoms with Crippen LogP contribution in [0.1, 0.15) is 41.1 Å². The van der Waals surface area contributed by atoms with E-state index in [2.05, 4.69) is 29.8 Å². The summed E-state index contributed by atoms with van der Waals surface area (Å²) in [5.74, 6) is 0.457. The standard InChI is InChI=1S/C21H21BrN2O2S3/c1-4-21(2)9-14-16(10-26-21)29-19-17(14)18(23-20(24-19)27-3)28-11-15(25)12-5-7-13(22)8-6-12/h5-8H,4,9-11H2,1-3H3. The normalized spacial score (nSPS) is 18.8. The lowest BCUT2D eigenvalue weighted by Crippen LogP contribution is -2.33. The fourth-order valence-corrected chi connectivity index (χ4v) is 6.16. The first kappa shape index (κ1) is 21.3. The van der Waals surface area contributed by atoms with E-state index in [1.807, 2.05) is 30.5 Å². The Kier molecular flexibility index (Phi) is 6.37. The summed E-state index contributed by atoms with van der Waals surface area (Å²) in [6.07, 6.45) is 3.79. The molecule has 0 radical (unpaired) electrons. The van der Waals surface area contributed by atoms with Crippen LogP contribution in [0.2, 0.25) is 0 Å². The minimum atomic E-state index is -0.158. The molecule has 0 amide bonds. The number of thioether (sulfide) groups is 2. The molecule has 2 aromatic heterocycles. The fourth-order valence-electron chi connectivity index (χ4n) is 3.30. The highest BCUT2D eigenvalue weighted by Crippen LogP contribution is 2.43. The van der Waals surface area contributed by atoms with Crippen molar-refractivity contribution in [3.05, 3.63) is 44.7 Å². The first-order valence-electron chi connectivity index (χ1n) is 9.34. The number of rotatable bonds is 6. The average molecular weight is 510 g/mol. The van der Waals surface area contributed by atoms with Crippen molar-refractivity contribution < 1.29 is 9.53 Å². The molecule has 0 spiro atoms. The number of thiophene rings is 1. The lowest BCUT2D eigenvalue weighted by atomic mass is 9.90. The van der Waals surface area contributed by atoms with Gasteiger partial charge in [-0.2, -0.15) is 0 Å². The Labute approximate surface area is 191 Å². The van der Waals surface area contributed by atoms with Crippen molar-refractivity contribution in [3.63, 3.8) is 0 Å². The van der Waals surface area contributed by atoms with Crippen molar-refractivity contribution in [2.75, 3.05) is 12.0 Å². The number of carbonyl (C=O) groups is 1. The molecule has 1 aliphatic heterocycles. The fraction of sp³-hybridized carbons (Fsp3) is 0.381. The van der Waals surface area contributed by atoms with Crippen molar-refractivity contribution in [2.45, 2.75) is 49.1 Å². The number of benzene rings is 1. The van der Waals surface area contributed by atoms with Gasteiger partial charge >= 0.3 is 0 Å². The van der Waals surface area contributed by atoms with Crippen molar-refractivity contribution in [2.24, 2.45) is 0 Å². The molecule has 8 heteroatoms. The Morgan fingerprint density at radius 1 is 1.31 bits per heavy atom. The van der Waals surface area contributed by atoms with Crippen molar-refractivity contribution >= 4 is 66.8 Å². The molecule has 29 heavy (non-hydrogen) atoms. The molecule has 1 unspecified atom stereocenters. The lowest BCUT2D eigenvalue weighted by Gasteiger charge is -2.33. The van der Waals surface area contributed by atoms with Gasteiger partial charge in [-0.3, -0.25) is 4.79 Å². The van der Waals surface area contributed by atoms with Gasteiger partial charge in [0, 0.05) is 26.7 Å². The summed E-state index contributed by atoms with van der Waals surface area (Å²) in [6, 6.07) is 7.50. The molecule has 0 bridgehead atoms. The molecule has 0 aliphatic carbocycles. The number of hydrogen-bond acceptors (Lipinski definition) is 7. The van der Waals surface area contributed by atoms with Crippen LogP contribution >= 0.6 is 50.8 Å². The second-order valence-corrected chi connectivity index (χ2v) is 10.9. The van der Waals surface area contributed by atoms with Gasteiger partial charge in [-0.15, -0.1) is 11.3 Å². The highest BCUT2D eigenvalue weighted by atomic mass is 79.9. The number of carbonyl (C=O) groups excluding carboxylic acids is 1. The number of halogens is 1. The van der Waals surface area contributed by atoms with E-state index in [4.69, 9.17) is 14.7 Å². The Morgan fingerprint density at radius 3 is 2.76 bits per heavy atom. The Hall–Kier alpha value is -0.930. The largest absolute Gasteiger partial charge is 0.369 e. The Balaban J connectivity index is 1.68. The van der Waals surface area contributed by atoms with Gasteiger partial charge in [-0.25, -0.2) is 9.97 Å². The quantitative estimate of drug-likeness (QED) is 0.166. The van der Waals surface area contributed by atoms with Gasteiger partial charge in [0.2, 0.25) is 0 Å². The maximum atomic E-state index is 12.7. The molecule has 0 saturated carbocycles. The highest BCUT2D eigenvalue weighted by Gasteiger charge is 2.33. The van der Waals surface area contributed by atoms with Crippen LogP contribution in [0.25, 0.3) is 10.2 Å². The van der Waals surface area contributed by atoms with Crippen molar-refractivity contribution in [3.8, 4) is 0 Å². The average Bonchev–Trinajstić information content (AvgIpc) is 3.09. The van der Waals surface area contributed by atoms with E-state index in [0.29, 0.717) is 12.4 Å². The van der Waals surface area contributed by atoms with Gasteiger partial charge in [-0.1, -0.05) is 58.5 Å². The Bertz CT molecular complexity index is 1070. The molecule has 152 valence electrons. The van der Waals surface area contributed by atoms with Gasteiger partial charge in [0.25, 0.3) is 0 Å². The number of Topliss-reactive ketones (excluding diaryl/α,β-unsaturated/α-hetero) is 1. The topological polar surface area (TPSA) is 52.1 Å². The van der Waals surface area contributed by atoms with Crippen LogP contribution in [0, 0.1) is 0 Å². The number of aromatic nitrogens is 2. The maximum Gasteiger partial charge on any atom is 0.189 e. The van der Waals surface area contributed by atoms with Crippen LogP contribution in [0.15, 0.2) is 38.9 Å². The monoisotopic (exact) mass is 508 g/mol. The van der Waals surface area contributed by atoms with Gasteiger partial charge in [0.1, 0.15) is 9.86 Å². The minimum absolute atomic E-state index is 0.103. The van der Waals surface area contributed by atoms with E-state index < -0.39 is 0 Å². The third kappa shape index (κ3) is 4.42. The lowest BCUT2D eigenvalue weighted by molar-refractivity contribution is -0.0543. The summed E-state index contributed by atoms with van der Waals surface area (Å²) in [5, 5.41) is 2.76. The van der Waals surface area contributed by atoms with Crippen molar-refractivity contribution in [1.29, 1.82) is 0 Å². The Morgan fingerprint density at radius 2 is 2.07 bits per heavy atom. The second kappa shape index (κ2) is 8.67. The van der Waals surface area contributed by atoms with Crippen LogP contribution < -0.4 is 0 Å². The minimum Gasteiger partial charge on any atom is -0.369 e. The number of ketones is 1. The second-order valence-electron chi connectivity index (χ2n) is 7.19. The van der Waals surface area contributed by atoms with Crippen LogP contribution in [-0.4, -0.2) is 33.4 Å². The van der Waals surface area contributed by atoms with Gasteiger partial charge in [0.05, 0.1) is 18.0 Å². The third-order valence-corrected chi connectivity index (χ3v) is 8.37. The zero-order valence-corrected chi connectivity index (χ0v) is 20.5. The third-order valence-electron chi connectivity index (χ3n) is 5.22. The summed E-state index contributed by atoms with van der Waals surface area (Å²) in [6.45, 7) is 4.95. The molecule has 0 N–H and O–H groups in total. The summed E-state index contributed by atoms with van der Waals surface area (Å²) >= 11 is 8.15. The summed E-state index contributed by atoms with van der Waals surface area (Å²) in [4.78, 5) is 24.4. The van der Waals surface area contributed by atoms with E-state index in [1.54, 1.807) is 11.3 Å². The van der Waals surface area contributed by atoms with E-state index in [1.165, 1.54) is 34.0 Å². The number of nitrogens with zero attached hydrogens (tertiary/aromatic N) is 2. The molecular weight excluding hydrogens is 488 g/mol. The highest BCUT2D eigenvalue weighted by molar-refractivity contribution is 9.10. The maximum absolute atomic E-state index is 12.7. The summed E-state index contributed by atoms with van der Waals surface area (Å²) in [7, 11) is 0. The number of fused-ring (bicyclic) bond motifs is 3. The molecule has 1 aliphatic rings. The van der Waals surface area contributed by atoms with E-state index in [9.17, 15) is 4.79 Å². The molecule has 4 nitrogen and oxygen atoms in total. The molecule has 4 rings (SSSR count). The molecular formula is C21H21BrN2O2S3. The summed E-state index contributed by atoms with van der Waals surface area (Å²) in [5.41, 5.74) is 1.86. The van der Waals surface area contributed by atoms with Crippen molar-refractivity contribution in [1.82, 2.24) is 9.97 Å². The van der Waals surface area contributed by atoms with Crippen LogP contribution in [-0.2, 0) is 17.8 Å². The van der Waals surface area contributed by atoms with E-state index >= 15 is 0 Å². The smallest absolute Gasteiger partial charge is 0.189 e.